The number of hydrogen-bond donors (Lipinski definition) is 1. The van der Waals surface area contributed by atoms with Crippen LogP contribution in [0.5, 0.6) is 0 Å². The Morgan fingerprint density at radius 2 is 2.00 bits per heavy atom. The van der Waals surface area contributed by atoms with E-state index in [0.29, 0.717) is 21.2 Å². The summed E-state index contributed by atoms with van der Waals surface area (Å²) in [4.78, 5) is 17.7. The minimum atomic E-state index is -0.156. The first-order chi connectivity index (χ1) is 11.2. The fourth-order valence-corrected chi connectivity index (χ4v) is 4.20. The highest BCUT2D eigenvalue weighted by Gasteiger charge is 2.23. The number of carbonyl (C=O) groups is 1. The average molecular weight is 346 g/mol. The van der Waals surface area contributed by atoms with Gasteiger partial charge in [-0.1, -0.05) is 36.6 Å². The minimum absolute atomic E-state index is 0.156. The molecular weight excluding hydrogens is 330 g/mol. The van der Waals surface area contributed by atoms with E-state index in [2.05, 4.69) is 20.9 Å². The van der Waals surface area contributed by atoms with Gasteiger partial charge in [0, 0.05) is 6.04 Å². The van der Waals surface area contributed by atoms with E-state index < -0.39 is 0 Å². The SMILES string of the molecule is O=C(Nc1nc2ccccc2n1C1CCCC1)c1ccc(Cl)s1. The standard InChI is InChI=1S/C17H16ClN3OS/c18-15-10-9-14(23-15)16(22)20-17-19-12-7-3-4-8-13(12)21(17)11-5-1-2-6-11/h3-4,7-11H,1-2,5-6H2,(H,19,20,22). The van der Waals surface area contributed by atoms with Crippen molar-refractivity contribution >= 4 is 45.8 Å². The Bertz CT molecular complexity index is 864. The average Bonchev–Trinajstić information content (AvgIpc) is 3.25. The maximum Gasteiger partial charge on any atom is 0.268 e. The van der Waals surface area contributed by atoms with Crippen LogP contribution in [0.25, 0.3) is 11.0 Å². The van der Waals surface area contributed by atoms with Crippen molar-refractivity contribution in [2.24, 2.45) is 0 Å². The molecule has 1 fully saturated rings. The molecule has 2 heterocycles. The summed E-state index contributed by atoms with van der Waals surface area (Å²) in [7, 11) is 0. The molecule has 6 heteroatoms. The van der Waals surface area contributed by atoms with Gasteiger partial charge in [0.25, 0.3) is 5.91 Å². The van der Waals surface area contributed by atoms with Crippen LogP contribution in [0.3, 0.4) is 0 Å². The molecule has 1 aliphatic rings. The van der Waals surface area contributed by atoms with Gasteiger partial charge in [-0.25, -0.2) is 4.98 Å². The summed E-state index contributed by atoms with van der Waals surface area (Å²) in [5, 5.41) is 2.97. The fraction of sp³-hybridized carbons (Fsp3) is 0.294. The van der Waals surface area contributed by atoms with Crippen molar-refractivity contribution in [1.29, 1.82) is 0 Å². The van der Waals surface area contributed by atoms with E-state index in [-0.39, 0.29) is 5.91 Å². The number of fused-ring (bicyclic) bond motifs is 1. The summed E-state index contributed by atoms with van der Waals surface area (Å²) in [6, 6.07) is 11.9. The molecule has 0 unspecified atom stereocenters. The highest BCUT2D eigenvalue weighted by Crippen LogP contribution is 2.35. The normalized spacial score (nSPS) is 15.3. The summed E-state index contributed by atoms with van der Waals surface area (Å²) in [6.45, 7) is 0. The second kappa shape index (κ2) is 5.98. The summed E-state index contributed by atoms with van der Waals surface area (Å²) in [6.07, 6.45) is 4.72. The van der Waals surface area contributed by atoms with E-state index in [1.165, 1.54) is 24.2 Å². The first kappa shape index (κ1) is 14.7. The highest BCUT2D eigenvalue weighted by molar-refractivity contribution is 7.18. The van der Waals surface area contributed by atoms with Crippen LogP contribution < -0.4 is 5.32 Å². The van der Waals surface area contributed by atoms with Gasteiger partial charge >= 0.3 is 0 Å². The number of nitrogens with one attached hydrogen (secondary N) is 1. The first-order valence-electron chi connectivity index (χ1n) is 7.76. The molecule has 0 bridgehead atoms. The fourth-order valence-electron chi connectivity index (χ4n) is 3.26. The third-order valence-electron chi connectivity index (χ3n) is 4.31. The number of anilines is 1. The lowest BCUT2D eigenvalue weighted by molar-refractivity contribution is 0.102. The Labute approximate surface area is 143 Å². The van der Waals surface area contributed by atoms with Crippen molar-refractivity contribution in [1.82, 2.24) is 9.55 Å². The molecule has 0 spiro atoms. The Morgan fingerprint density at radius 1 is 1.22 bits per heavy atom. The summed E-state index contributed by atoms with van der Waals surface area (Å²) in [5.74, 6) is 0.476. The van der Waals surface area contributed by atoms with Crippen molar-refractivity contribution < 1.29 is 4.79 Å². The van der Waals surface area contributed by atoms with E-state index in [4.69, 9.17) is 11.6 Å². The smallest absolute Gasteiger partial charge is 0.268 e. The van der Waals surface area contributed by atoms with Crippen LogP contribution in [0.2, 0.25) is 4.34 Å². The third-order valence-corrected chi connectivity index (χ3v) is 5.54. The number of halogens is 1. The zero-order valence-corrected chi connectivity index (χ0v) is 14.0. The number of benzene rings is 1. The molecule has 0 aliphatic heterocycles. The quantitative estimate of drug-likeness (QED) is 0.716. The topological polar surface area (TPSA) is 46.9 Å². The zero-order valence-electron chi connectivity index (χ0n) is 12.5. The lowest BCUT2D eigenvalue weighted by atomic mass is 10.2. The predicted molar refractivity (Wildman–Crippen MR) is 94.5 cm³/mol. The molecule has 118 valence electrons. The van der Waals surface area contributed by atoms with Crippen molar-refractivity contribution in [2.45, 2.75) is 31.7 Å². The number of amides is 1. The van der Waals surface area contributed by atoms with Crippen LogP contribution in [0.1, 0.15) is 41.4 Å². The largest absolute Gasteiger partial charge is 0.307 e. The number of para-hydroxylation sites is 2. The molecular formula is C17H16ClN3OS. The number of thiophene rings is 1. The molecule has 0 saturated heterocycles. The molecule has 0 radical (unpaired) electrons. The molecule has 23 heavy (non-hydrogen) atoms. The van der Waals surface area contributed by atoms with Crippen molar-refractivity contribution in [3.8, 4) is 0 Å². The monoisotopic (exact) mass is 345 g/mol. The van der Waals surface area contributed by atoms with Crippen LogP contribution in [-0.4, -0.2) is 15.5 Å². The Kier molecular flexibility index (Phi) is 3.83. The zero-order chi connectivity index (χ0) is 15.8. The van der Waals surface area contributed by atoms with Crippen molar-refractivity contribution in [2.75, 3.05) is 5.32 Å². The molecule has 4 rings (SSSR count). The molecule has 1 N–H and O–H groups in total. The number of imidazole rings is 1. The van der Waals surface area contributed by atoms with Crippen LogP contribution in [0.4, 0.5) is 5.95 Å². The van der Waals surface area contributed by atoms with Crippen LogP contribution in [0, 0.1) is 0 Å². The summed E-state index contributed by atoms with van der Waals surface area (Å²) in [5.41, 5.74) is 2.00. The molecule has 1 aromatic carbocycles. The maximum atomic E-state index is 12.5. The van der Waals surface area contributed by atoms with Crippen molar-refractivity contribution in [3.05, 3.63) is 45.6 Å². The van der Waals surface area contributed by atoms with Gasteiger partial charge in [-0.2, -0.15) is 0 Å². The van der Waals surface area contributed by atoms with E-state index in [1.807, 2.05) is 18.2 Å². The lowest BCUT2D eigenvalue weighted by Gasteiger charge is -2.16. The van der Waals surface area contributed by atoms with Crippen LogP contribution in [0.15, 0.2) is 36.4 Å². The van der Waals surface area contributed by atoms with Gasteiger partial charge in [0.1, 0.15) is 0 Å². The Morgan fingerprint density at radius 3 is 2.74 bits per heavy atom. The van der Waals surface area contributed by atoms with Gasteiger partial charge in [-0.3, -0.25) is 10.1 Å². The van der Waals surface area contributed by atoms with E-state index in [1.54, 1.807) is 12.1 Å². The lowest BCUT2D eigenvalue weighted by Crippen LogP contribution is -2.16. The molecule has 1 amide bonds. The van der Waals surface area contributed by atoms with E-state index in [9.17, 15) is 4.79 Å². The number of nitrogens with zero attached hydrogens (tertiary/aromatic N) is 2. The minimum Gasteiger partial charge on any atom is -0.307 e. The molecule has 0 atom stereocenters. The van der Waals surface area contributed by atoms with Gasteiger partial charge in [0.05, 0.1) is 20.2 Å². The van der Waals surface area contributed by atoms with Crippen molar-refractivity contribution in [3.63, 3.8) is 0 Å². The molecule has 3 aromatic rings. The van der Waals surface area contributed by atoms with Gasteiger partial charge in [0.2, 0.25) is 5.95 Å². The number of carbonyl (C=O) groups excluding carboxylic acids is 1. The van der Waals surface area contributed by atoms with E-state index in [0.717, 1.165) is 23.9 Å². The second-order valence-corrected chi connectivity index (χ2v) is 7.51. The third kappa shape index (κ3) is 2.75. The number of hydrogen-bond acceptors (Lipinski definition) is 3. The maximum absolute atomic E-state index is 12.5. The van der Waals surface area contributed by atoms with Crippen LogP contribution in [-0.2, 0) is 0 Å². The molecule has 1 aliphatic carbocycles. The Balaban J connectivity index is 1.73. The van der Waals surface area contributed by atoms with Gasteiger partial charge in [-0.15, -0.1) is 11.3 Å². The van der Waals surface area contributed by atoms with Crippen LogP contribution >= 0.6 is 22.9 Å². The highest BCUT2D eigenvalue weighted by atomic mass is 35.5. The van der Waals surface area contributed by atoms with Gasteiger partial charge in [-0.05, 0) is 37.1 Å². The van der Waals surface area contributed by atoms with Gasteiger partial charge in [0.15, 0.2) is 0 Å². The number of aromatic nitrogens is 2. The molecule has 4 nitrogen and oxygen atoms in total. The predicted octanol–water partition coefficient (Wildman–Crippen LogP) is 5.12. The summed E-state index contributed by atoms with van der Waals surface area (Å²) >= 11 is 7.20. The second-order valence-electron chi connectivity index (χ2n) is 5.79. The van der Waals surface area contributed by atoms with E-state index >= 15 is 0 Å². The Hall–Kier alpha value is -1.85. The molecule has 1 saturated carbocycles. The first-order valence-corrected chi connectivity index (χ1v) is 8.95. The molecule has 2 aromatic heterocycles. The number of rotatable bonds is 3. The van der Waals surface area contributed by atoms with Gasteiger partial charge < -0.3 is 4.57 Å². The summed E-state index contributed by atoms with van der Waals surface area (Å²) < 4.78 is 2.80.